The van der Waals surface area contributed by atoms with Crippen molar-refractivity contribution >= 4 is 5.91 Å². The number of rotatable bonds is 6. The van der Waals surface area contributed by atoms with Crippen LogP contribution in [0.15, 0.2) is 48.9 Å². The van der Waals surface area contributed by atoms with E-state index in [1.807, 2.05) is 6.92 Å². The van der Waals surface area contributed by atoms with E-state index >= 15 is 0 Å². The summed E-state index contributed by atoms with van der Waals surface area (Å²) in [6.45, 7) is 1.96. The number of imidazole rings is 1. The number of benzene rings is 1. The minimum Gasteiger partial charge on any atom is -0.479 e. The Labute approximate surface area is 164 Å². The molecule has 3 aromatic rings. The predicted octanol–water partition coefficient (Wildman–Crippen LogP) is 3.41. The largest absolute Gasteiger partial charge is 0.573 e. The van der Waals surface area contributed by atoms with Crippen molar-refractivity contribution in [3.05, 3.63) is 65.9 Å². The van der Waals surface area contributed by atoms with Crippen molar-refractivity contribution in [2.24, 2.45) is 0 Å². The van der Waals surface area contributed by atoms with Gasteiger partial charge in [0.1, 0.15) is 17.1 Å². The van der Waals surface area contributed by atoms with Gasteiger partial charge in [-0.1, -0.05) is 12.1 Å². The highest BCUT2D eigenvalue weighted by Crippen LogP contribution is 2.23. The lowest BCUT2D eigenvalue weighted by Gasteiger charge is -2.11. The van der Waals surface area contributed by atoms with Gasteiger partial charge in [0.25, 0.3) is 5.91 Å². The molecule has 10 heteroatoms. The van der Waals surface area contributed by atoms with Crippen molar-refractivity contribution in [3.63, 3.8) is 0 Å². The number of aryl methyl sites for hydroxylation is 1. The van der Waals surface area contributed by atoms with Crippen molar-refractivity contribution in [3.8, 4) is 17.3 Å². The quantitative estimate of drug-likeness (QED) is 0.679. The fourth-order valence-electron chi connectivity index (χ4n) is 2.54. The molecule has 1 amide bonds. The molecule has 0 aliphatic carbocycles. The molecule has 0 bridgehead atoms. The van der Waals surface area contributed by atoms with Gasteiger partial charge in [-0.05, 0) is 36.8 Å². The number of aromatic nitrogens is 3. The van der Waals surface area contributed by atoms with Crippen LogP contribution in [0.3, 0.4) is 0 Å². The normalized spacial score (nSPS) is 11.2. The van der Waals surface area contributed by atoms with Crippen molar-refractivity contribution in [1.82, 2.24) is 19.9 Å². The first-order valence-corrected chi connectivity index (χ1v) is 8.44. The molecule has 0 unspecified atom stereocenters. The van der Waals surface area contributed by atoms with Gasteiger partial charge >= 0.3 is 6.36 Å². The van der Waals surface area contributed by atoms with Crippen LogP contribution in [0.2, 0.25) is 0 Å². The zero-order valence-electron chi connectivity index (χ0n) is 15.5. The summed E-state index contributed by atoms with van der Waals surface area (Å²) in [5.41, 5.74) is 2.19. The van der Waals surface area contributed by atoms with E-state index in [-0.39, 0.29) is 23.9 Å². The predicted molar refractivity (Wildman–Crippen MR) is 96.9 cm³/mol. The van der Waals surface area contributed by atoms with Crippen LogP contribution in [-0.4, -0.2) is 33.9 Å². The van der Waals surface area contributed by atoms with Crippen LogP contribution >= 0.6 is 0 Å². The fourth-order valence-corrected chi connectivity index (χ4v) is 2.54. The van der Waals surface area contributed by atoms with Crippen LogP contribution in [0, 0.1) is 6.92 Å². The lowest BCUT2D eigenvalue weighted by Crippen LogP contribution is -2.24. The zero-order chi connectivity index (χ0) is 21.0. The van der Waals surface area contributed by atoms with Gasteiger partial charge in [0.15, 0.2) is 0 Å². The molecule has 29 heavy (non-hydrogen) atoms. The highest BCUT2D eigenvalue weighted by atomic mass is 19.4. The number of carbonyl (C=O) groups excluding carboxylic acids is 1. The third kappa shape index (κ3) is 5.24. The van der Waals surface area contributed by atoms with Gasteiger partial charge in [-0.2, -0.15) is 0 Å². The van der Waals surface area contributed by atoms with E-state index in [0.717, 1.165) is 5.69 Å². The molecule has 0 atom stereocenters. The molecule has 2 aromatic heterocycles. The molecular weight excluding hydrogens is 389 g/mol. The second kappa shape index (κ2) is 8.21. The maximum atomic E-state index is 12.4. The summed E-state index contributed by atoms with van der Waals surface area (Å²) in [6.07, 6.45) is -1.34. The molecule has 152 valence electrons. The molecular formula is C19H17F3N4O3. The van der Waals surface area contributed by atoms with Crippen molar-refractivity contribution in [2.75, 3.05) is 7.11 Å². The van der Waals surface area contributed by atoms with E-state index in [1.54, 1.807) is 29.2 Å². The van der Waals surface area contributed by atoms with E-state index in [9.17, 15) is 18.0 Å². The molecule has 0 fully saturated rings. The number of methoxy groups -OCH3 is 1. The summed E-state index contributed by atoms with van der Waals surface area (Å²) in [4.78, 5) is 20.7. The first kappa shape index (κ1) is 20.2. The van der Waals surface area contributed by atoms with E-state index in [4.69, 9.17) is 4.74 Å². The number of pyridine rings is 1. The lowest BCUT2D eigenvalue weighted by molar-refractivity contribution is -0.274. The number of hydrogen-bond donors (Lipinski definition) is 1. The molecule has 2 heterocycles. The van der Waals surface area contributed by atoms with Crippen LogP contribution in [0.5, 0.6) is 11.6 Å². The molecule has 7 nitrogen and oxygen atoms in total. The highest BCUT2D eigenvalue weighted by Gasteiger charge is 2.30. The Morgan fingerprint density at radius 3 is 2.48 bits per heavy atom. The molecule has 1 aromatic carbocycles. The fraction of sp³-hybridized carbons (Fsp3) is 0.211. The third-order valence-electron chi connectivity index (χ3n) is 3.87. The molecule has 0 saturated carbocycles. The Morgan fingerprint density at radius 1 is 1.17 bits per heavy atom. The molecule has 0 spiro atoms. The van der Waals surface area contributed by atoms with Crippen LogP contribution in [-0.2, 0) is 6.54 Å². The van der Waals surface area contributed by atoms with Gasteiger partial charge in [-0.25, -0.2) is 9.97 Å². The number of carbonyl (C=O) groups is 1. The summed E-state index contributed by atoms with van der Waals surface area (Å²) < 4.78 is 47.4. The summed E-state index contributed by atoms with van der Waals surface area (Å²) in [5, 5.41) is 2.66. The number of halogens is 3. The van der Waals surface area contributed by atoms with Crippen LogP contribution in [0.1, 0.15) is 21.7 Å². The Hall–Kier alpha value is -3.56. The van der Waals surface area contributed by atoms with Crippen molar-refractivity contribution in [2.45, 2.75) is 19.8 Å². The standard InChI is InChI=1S/C19H17F3N4O3/c1-12-10-26(11-24-12)16-8-7-15(25-18(16)28-2)17(27)23-9-13-3-5-14(6-4-13)29-19(20,21)22/h3-8,10-11H,9H2,1-2H3,(H,23,27). The average Bonchev–Trinajstić information content (AvgIpc) is 3.11. The number of ether oxygens (including phenoxy) is 2. The SMILES string of the molecule is COc1nc(C(=O)NCc2ccc(OC(F)(F)F)cc2)ccc1-n1cnc(C)c1. The molecule has 3 rings (SSSR count). The van der Waals surface area contributed by atoms with Gasteiger partial charge in [0, 0.05) is 12.7 Å². The average molecular weight is 406 g/mol. The van der Waals surface area contributed by atoms with Gasteiger partial charge in [-0.15, -0.1) is 13.2 Å². The molecule has 1 N–H and O–H groups in total. The van der Waals surface area contributed by atoms with Gasteiger partial charge in [0.2, 0.25) is 5.88 Å². The molecule has 0 saturated heterocycles. The Morgan fingerprint density at radius 2 is 1.90 bits per heavy atom. The van der Waals surface area contributed by atoms with E-state index in [0.29, 0.717) is 11.3 Å². The minimum atomic E-state index is -4.75. The van der Waals surface area contributed by atoms with E-state index < -0.39 is 12.3 Å². The number of hydrogen-bond acceptors (Lipinski definition) is 5. The third-order valence-corrected chi connectivity index (χ3v) is 3.87. The number of nitrogens with one attached hydrogen (secondary N) is 1. The Bertz CT molecular complexity index is 1000. The van der Waals surface area contributed by atoms with E-state index in [2.05, 4.69) is 20.0 Å². The minimum absolute atomic E-state index is 0.109. The number of alkyl halides is 3. The van der Waals surface area contributed by atoms with Crippen molar-refractivity contribution in [1.29, 1.82) is 0 Å². The number of nitrogens with zero attached hydrogens (tertiary/aromatic N) is 3. The second-order valence-corrected chi connectivity index (χ2v) is 6.02. The van der Waals surface area contributed by atoms with E-state index in [1.165, 1.54) is 31.4 Å². The first-order chi connectivity index (χ1) is 13.7. The monoisotopic (exact) mass is 406 g/mol. The second-order valence-electron chi connectivity index (χ2n) is 6.02. The Kier molecular flexibility index (Phi) is 5.71. The van der Waals surface area contributed by atoms with Gasteiger partial charge < -0.3 is 19.4 Å². The van der Waals surface area contributed by atoms with Gasteiger partial charge in [-0.3, -0.25) is 4.79 Å². The summed E-state index contributed by atoms with van der Waals surface area (Å²) in [5.74, 6) is -0.528. The maximum absolute atomic E-state index is 12.4. The summed E-state index contributed by atoms with van der Waals surface area (Å²) >= 11 is 0. The smallest absolute Gasteiger partial charge is 0.479 e. The van der Waals surface area contributed by atoms with Crippen molar-refractivity contribution < 1.29 is 27.4 Å². The summed E-state index contributed by atoms with van der Waals surface area (Å²) in [6, 6.07) is 8.45. The molecule has 0 radical (unpaired) electrons. The summed E-state index contributed by atoms with van der Waals surface area (Å²) in [7, 11) is 1.45. The highest BCUT2D eigenvalue weighted by molar-refractivity contribution is 5.92. The number of amides is 1. The Balaban J connectivity index is 1.66. The van der Waals surface area contributed by atoms with Crippen LogP contribution < -0.4 is 14.8 Å². The van der Waals surface area contributed by atoms with Crippen LogP contribution in [0.25, 0.3) is 5.69 Å². The van der Waals surface area contributed by atoms with Gasteiger partial charge in [0.05, 0.1) is 19.1 Å². The first-order valence-electron chi connectivity index (χ1n) is 8.44. The molecule has 0 aliphatic heterocycles. The lowest BCUT2D eigenvalue weighted by atomic mass is 10.2. The maximum Gasteiger partial charge on any atom is 0.573 e. The van der Waals surface area contributed by atoms with Crippen LogP contribution in [0.4, 0.5) is 13.2 Å². The zero-order valence-corrected chi connectivity index (χ0v) is 15.5. The molecule has 0 aliphatic rings. The topological polar surface area (TPSA) is 78.3 Å².